The maximum atomic E-state index is 12.8. The van der Waals surface area contributed by atoms with Crippen LogP contribution >= 0.6 is 11.8 Å². The fourth-order valence-electron chi connectivity index (χ4n) is 3.33. The number of benzene rings is 2. The van der Waals surface area contributed by atoms with Crippen LogP contribution in [0.2, 0.25) is 0 Å². The number of piperidine rings is 1. The normalized spacial score (nSPS) is 16.8. The molecule has 0 aromatic heterocycles. The van der Waals surface area contributed by atoms with Crippen molar-refractivity contribution in [3.05, 3.63) is 65.7 Å². The number of thioether (sulfide) groups is 1. The Morgan fingerprint density at radius 1 is 1.08 bits per heavy atom. The highest BCUT2D eigenvalue weighted by Crippen LogP contribution is 2.31. The van der Waals surface area contributed by atoms with Crippen molar-refractivity contribution in [2.75, 3.05) is 19.3 Å². The van der Waals surface area contributed by atoms with Gasteiger partial charge in [-0.2, -0.15) is 0 Å². The number of nitrogens with zero attached hydrogens (tertiary/aromatic N) is 1. The summed E-state index contributed by atoms with van der Waals surface area (Å²) < 4.78 is 0. The van der Waals surface area contributed by atoms with E-state index in [4.69, 9.17) is 0 Å². The van der Waals surface area contributed by atoms with E-state index >= 15 is 0 Å². The Labute approximate surface area is 147 Å². The fourth-order valence-corrected chi connectivity index (χ4v) is 3.92. The van der Waals surface area contributed by atoms with E-state index in [1.54, 1.807) is 11.8 Å². The average molecular weight is 341 g/mol. The molecule has 1 amide bonds. The summed E-state index contributed by atoms with van der Waals surface area (Å²) in [6, 6.07) is 17.6. The van der Waals surface area contributed by atoms with Crippen LogP contribution in [0.3, 0.4) is 0 Å². The number of amides is 1. The molecule has 1 N–H and O–H groups in total. The minimum atomic E-state index is -0.443. The molecule has 3 rings (SSSR count). The number of rotatable bonds is 4. The first-order valence-electron chi connectivity index (χ1n) is 8.36. The third-order valence-electron chi connectivity index (χ3n) is 4.75. The third-order valence-corrected chi connectivity index (χ3v) is 5.55. The summed E-state index contributed by atoms with van der Waals surface area (Å²) in [6.45, 7) is 1.41. The molecule has 2 aromatic rings. The quantitative estimate of drug-likeness (QED) is 0.855. The average Bonchev–Trinajstić information content (AvgIpc) is 2.67. The van der Waals surface area contributed by atoms with Gasteiger partial charge >= 0.3 is 0 Å². The van der Waals surface area contributed by atoms with Gasteiger partial charge in [-0.1, -0.05) is 42.5 Å². The van der Waals surface area contributed by atoms with Crippen LogP contribution in [0, 0.1) is 5.92 Å². The highest BCUT2D eigenvalue weighted by Gasteiger charge is 2.29. The van der Waals surface area contributed by atoms with Crippen LogP contribution < -0.4 is 0 Å². The summed E-state index contributed by atoms with van der Waals surface area (Å²) in [5.74, 6) is 0.319. The van der Waals surface area contributed by atoms with Crippen LogP contribution in [0.4, 0.5) is 0 Å². The van der Waals surface area contributed by atoms with E-state index in [1.807, 2.05) is 65.8 Å². The molecule has 1 aliphatic heterocycles. The van der Waals surface area contributed by atoms with Gasteiger partial charge in [-0.25, -0.2) is 0 Å². The molecule has 0 radical (unpaired) electrons. The number of aliphatic hydroxyl groups excluding tert-OH is 1. The first-order chi connectivity index (χ1) is 11.7. The standard InChI is InChI=1S/C20H23NO2S/c1-24-18-10-6-5-9-17(18)20(23)21-13-11-16(12-14-21)19(22)15-7-3-2-4-8-15/h2-10,16,19,22H,11-14H2,1H3/t19-/m1/s1. The van der Waals surface area contributed by atoms with Crippen LogP contribution in [-0.4, -0.2) is 35.3 Å². The molecule has 1 fully saturated rings. The number of carbonyl (C=O) groups excluding carboxylic acids is 1. The first-order valence-corrected chi connectivity index (χ1v) is 9.58. The fraction of sp³-hybridized carbons (Fsp3) is 0.350. The molecule has 126 valence electrons. The molecule has 24 heavy (non-hydrogen) atoms. The Morgan fingerprint density at radius 3 is 2.38 bits per heavy atom. The predicted octanol–water partition coefficient (Wildman–Crippen LogP) is 3.99. The number of likely N-dealkylation sites (tertiary alicyclic amines) is 1. The van der Waals surface area contributed by atoms with Crippen molar-refractivity contribution in [2.45, 2.75) is 23.8 Å². The van der Waals surface area contributed by atoms with Gasteiger partial charge in [-0.05, 0) is 42.7 Å². The van der Waals surface area contributed by atoms with Gasteiger partial charge in [0.05, 0.1) is 11.7 Å². The van der Waals surface area contributed by atoms with Gasteiger partial charge in [0.2, 0.25) is 0 Å². The molecule has 1 saturated heterocycles. The SMILES string of the molecule is CSc1ccccc1C(=O)N1CCC([C@H](O)c2ccccc2)CC1. The molecule has 1 heterocycles. The summed E-state index contributed by atoms with van der Waals surface area (Å²) in [5.41, 5.74) is 1.75. The van der Waals surface area contributed by atoms with Crippen LogP contribution in [0.5, 0.6) is 0 Å². The largest absolute Gasteiger partial charge is 0.388 e. The van der Waals surface area contributed by atoms with E-state index in [0.29, 0.717) is 13.1 Å². The van der Waals surface area contributed by atoms with Crippen LogP contribution in [-0.2, 0) is 0 Å². The lowest BCUT2D eigenvalue weighted by Crippen LogP contribution is -2.40. The van der Waals surface area contributed by atoms with Gasteiger partial charge in [-0.3, -0.25) is 4.79 Å². The van der Waals surface area contributed by atoms with Gasteiger partial charge in [0.25, 0.3) is 5.91 Å². The zero-order valence-corrected chi connectivity index (χ0v) is 14.7. The van der Waals surface area contributed by atoms with Gasteiger partial charge in [-0.15, -0.1) is 11.8 Å². The molecule has 0 aliphatic carbocycles. The zero-order valence-electron chi connectivity index (χ0n) is 13.9. The molecule has 2 aromatic carbocycles. The third kappa shape index (κ3) is 3.65. The monoisotopic (exact) mass is 341 g/mol. The van der Waals surface area contributed by atoms with Gasteiger partial charge in [0.1, 0.15) is 0 Å². The molecule has 0 unspecified atom stereocenters. The highest BCUT2D eigenvalue weighted by molar-refractivity contribution is 7.98. The Kier molecular flexibility index (Phi) is 5.59. The second-order valence-corrected chi connectivity index (χ2v) is 7.03. The Hall–Kier alpha value is -1.78. The van der Waals surface area contributed by atoms with Gasteiger partial charge in [0.15, 0.2) is 0 Å². The second kappa shape index (κ2) is 7.86. The lowest BCUT2D eigenvalue weighted by atomic mass is 9.87. The minimum absolute atomic E-state index is 0.104. The molecule has 3 nitrogen and oxygen atoms in total. The second-order valence-electron chi connectivity index (χ2n) is 6.19. The van der Waals surface area contributed by atoms with Crippen LogP contribution in [0.1, 0.15) is 34.9 Å². The summed E-state index contributed by atoms with van der Waals surface area (Å²) in [4.78, 5) is 15.7. The van der Waals surface area contributed by atoms with E-state index in [0.717, 1.165) is 28.9 Å². The molecule has 0 bridgehead atoms. The van der Waals surface area contributed by atoms with Crippen LogP contribution in [0.15, 0.2) is 59.5 Å². The number of aliphatic hydroxyl groups is 1. The summed E-state index contributed by atoms with van der Waals surface area (Å²) >= 11 is 1.60. The number of hydrogen-bond acceptors (Lipinski definition) is 3. The molecular weight excluding hydrogens is 318 g/mol. The van der Waals surface area contributed by atoms with E-state index in [2.05, 4.69) is 0 Å². The van der Waals surface area contributed by atoms with Crippen molar-refractivity contribution in [1.29, 1.82) is 0 Å². The molecule has 1 atom stereocenters. The van der Waals surface area contributed by atoms with E-state index in [9.17, 15) is 9.90 Å². The lowest BCUT2D eigenvalue weighted by molar-refractivity contribution is 0.0460. The topological polar surface area (TPSA) is 40.5 Å². The van der Waals surface area contributed by atoms with E-state index < -0.39 is 6.10 Å². The Morgan fingerprint density at radius 2 is 1.71 bits per heavy atom. The van der Waals surface area contributed by atoms with Crippen molar-refractivity contribution in [3.8, 4) is 0 Å². The maximum absolute atomic E-state index is 12.8. The number of hydrogen-bond donors (Lipinski definition) is 1. The van der Waals surface area contributed by atoms with E-state index in [1.165, 1.54) is 0 Å². The van der Waals surface area contributed by atoms with Crippen LogP contribution in [0.25, 0.3) is 0 Å². The minimum Gasteiger partial charge on any atom is -0.388 e. The molecule has 4 heteroatoms. The first kappa shape index (κ1) is 17.1. The maximum Gasteiger partial charge on any atom is 0.254 e. The summed E-state index contributed by atoms with van der Waals surface area (Å²) in [7, 11) is 0. The van der Waals surface area contributed by atoms with Gasteiger partial charge < -0.3 is 10.0 Å². The van der Waals surface area contributed by atoms with Crippen molar-refractivity contribution < 1.29 is 9.90 Å². The van der Waals surface area contributed by atoms with Crippen molar-refractivity contribution in [3.63, 3.8) is 0 Å². The Bertz CT molecular complexity index is 681. The molecular formula is C20H23NO2S. The van der Waals surface area contributed by atoms with Gasteiger partial charge in [0, 0.05) is 18.0 Å². The lowest BCUT2D eigenvalue weighted by Gasteiger charge is -2.34. The smallest absolute Gasteiger partial charge is 0.254 e. The van der Waals surface area contributed by atoms with E-state index in [-0.39, 0.29) is 11.8 Å². The number of carbonyl (C=O) groups is 1. The van der Waals surface area contributed by atoms with Crippen molar-refractivity contribution >= 4 is 17.7 Å². The molecule has 1 aliphatic rings. The molecule has 0 saturated carbocycles. The summed E-state index contributed by atoms with van der Waals surface area (Å²) in [6.07, 6.45) is 3.23. The predicted molar refractivity (Wildman–Crippen MR) is 98.3 cm³/mol. The molecule has 0 spiro atoms. The van der Waals surface area contributed by atoms with Crippen molar-refractivity contribution in [1.82, 2.24) is 4.90 Å². The summed E-state index contributed by atoms with van der Waals surface area (Å²) in [5, 5.41) is 10.6. The Balaban J connectivity index is 1.64. The highest BCUT2D eigenvalue weighted by atomic mass is 32.2. The zero-order chi connectivity index (χ0) is 16.9. The van der Waals surface area contributed by atoms with Crippen molar-refractivity contribution in [2.24, 2.45) is 5.92 Å².